The number of carbonyl (C=O) groups excluding carboxylic acids is 1. The average molecular weight is 192 g/mol. The van der Waals surface area contributed by atoms with E-state index in [0.29, 0.717) is 6.42 Å². The van der Waals surface area contributed by atoms with E-state index in [9.17, 15) is 4.79 Å². The highest BCUT2D eigenvalue weighted by molar-refractivity contribution is 5.48. The van der Waals surface area contributed by atoms with Crippen LogP contribution in [-0.4, -0.2) is 6.29 Å². The van der Waals surface area contributed by atoms with Gasteiger partial charge in [0, 0.05) is 6.42 Å². The van der Waals surface area contributed by atoms with E-state index in [0.717, 1.165) is 19.1 Å². The Labute approximate surface area is 87.2 Å². The lowest BCUT2D eigenvalue weighted by atomic mass is 10.0. The van der Waals surface area contributed by atoms with Gasteiger partial charge in [0.25, 0.3) is 0 Å². The molecule has 1 heteroatoms. The molecule has 1 rings (SSSR count). The van der Waals surface area contributed by atoms with Gasteiger partial charge in [-0.15, -0.1) is 0 Å². The standard InChI is InChI=1S/C10H14.C3H6O/c1-3-9-7-5-6-8-10(9)4-2;1-2-3-4/h5-8H,3-4H2,1-2H3;3H,2H2,1H3. The van der Waals surface area contributed by atoms with Crippen LogP contribution in [0.2, 0.25) is 0 Å². The fourth-order valence-corrected chi connectivity index (χ4v) is 1.25. The normalized spacial score (nSPS) is 8.79. The smallest absolute Gasteiger partial charge is 0.119 e. The third-order valence-electron chi connectivity index (χ3n) is 2.05. The summed E-state index contributed by atoms with van der Waals surface area (Å²) in [6.45, 7) is 6.22. The van der Waals surface area contributed by atoms with Crippen LogP contribution in [0.4, 0.5) is 0 Å². The Morgan fingerprint density at radius 3 is 1.57 bits per heavy atom. The average Bonchev–Trinajstić information content (AvgIpc) is 2.29. The second kappa shape index (κ2) is 8.49. The largest absolute Gasteiger partial charge is 0.303 e. The highest BCUT2D eigenvalue weighted by atomic mass is 16.1. The van der Waals surface area contributed by atoms with Gasteiger partial charge in [-0.3, -0.25) is 0 Å². The van der Waals surface area contributed by atoms with E-state index in [2.05, 4.69) is 38.1 Å². The quantitative estimate of drug-likeness (QED) is 0.671. The van der Waals surface area contributed by atoms with Crippen molar-refractivity contribution in [3.8, 4) is 0 Å². The minimum atomic E-state index is 0.639. The van der Waals surface area contributed by atoms with Gasteiger partial charge in [0.05, 0.1) is 0 Å². The molecule has 0 unspecified atom stereocenters. The Kier molecular flexibility index (Phi) is 7.81. The molecule has 0 aliphatic heterocycles. The molecule has 1 aromatic rings. The maximum Gasteiger partial charge on any atom is 0.119 e. The van der Waals surface area contributed by atoms with Crippen molar-refractivity contribution in [2.24, 2.45) is 0 Å². The molecule has 0 bridgehead atoms. The fraction of sp³-hybridized carbons (Fsp3) is 0.462. The van der Waals surface area contributed by atoms with Crippen molar-refractivity contribution in [1.29, 1.82) is 0 Å². The number of aryl methyl sites for hydroxylation is 2. The molecule has 0 fully saturated rings. The van der Waals surface area contributed by atoms with Crippen molar-refractivity contribution < 1.29 is 4.79 Å². The highest BCUT2D eigenvalue weighted by Crippen LogP contribution is 2.08. The van der Waals surface area contributed by atoms with Crippen molar-refractivity contribution >= 4 is 6.29 Å². The summed E-state index contributed by atoms with van der Waals surface area (Å²) in [5, 5.41) is 0. The van der Waals surface area contributed by atoms with E-state index in [4.69, 9.17) is 0 Å². The minimum Gasteiger partial charge on any atom is -0.303 e. The fourth-order valence-electron chi connectivity index (χ4n) is 1.25. The predicted octanol–water partition coefficient (Wildman–Crippen LogP) is 3.41. The molecule has 0 aliphatic rings. The van der Waals surface area contributed by atoms with Crippen LogP contribution in [0.25, 0.3) is 0 Å². The van der Waals surface area contributed by atoms with Gasteiger partial charge in [-0.05, 0) is 24.0 Å². The van der Waals surface area contributed by atoms with E-state index in [1.165, 1.54) is 11.1 Å². The van der Waals surface area contributed by atoms with Crippen LogP contribution in [0.5, 0.6) is 0 Å². The van der Waals surface area contributed by atoms with Crippen LogP contribution in [0.1, 0.15) is 38.3 Å². The molecular formula is C13H20O. The Bertz CT molecular complexity index is 230. The molecule has 0 heterocycles. The lowest BCUT2D eigenvalue weighted by Crippen LogP contribution is -1.88. The minimum absolute atomic E-state index is 0.639. The molecule has 0 radical (unpaired) electrons. The van der Waals surface area contributed by atoms with E-state index in [1.807, 2.05) is 6.92 Å². The summed E-state index contributed by atoms with van der Waals surface area (Å²) in [6.07, 6.45) is 3.83. The number of hydrogen-bond donors (Lipinski definition) is 0. The Hall–Kier alpha value is -1.11. The van der Waals surface area contributed by atoms with Crippen molar-refractivity contribution in [2.45, 2.75) is 40.0 Å². The van der Waals surface area contributed by atoms with E-state index in [-0.39, 0.29) is 0 Å². The van der Waals surface area contributed by atoms with Gasteiger partial charge < -0.3 is 4.79 Å². The maximum absolute atomic E-state index is 9.17. The van der Waals surface area contributed by atoms with Gasteiger partial charge in [0.1, 0.15) is 6.29 Å². The van der Waals surface area contributed by atoms with Crippen LogP contribution < -0.4 is 0 Å². The first-order valence-corrected chi connectivity index (χ1v) is 5.30. The number of carbonyl (C=O) groups is 1. The lowest BCUT2D eigenvalue weighted by molar-refractivity contribution is -0.107. The first kappa shape index (κ1) is 12.9. The second-order valence-corrected chi connectivity index (χ2v) is 3.05. The van der Waals surface area contributed by atoms with Gasteiger partial charge in [-0.2, -0.15) is 0 Å². The summed E-state index contributed by atoms with van der Waals surface area (Å²) in [5.74, 6) is 0. The molecule has 0 atom stereocenters. The number of benzene rings is 1. The van der Waals surface area contributed by atoms with Crippen molar-refractivity contribution in [3.63, 3.8) is 0 Å². The zero-order chi connectivity index (χ0) is 10.8. The van der Waals surface area contributed by atoms with Crippen molar-refractivity contribution in [2.75, 3.05) is 0 Å². The molecule has 0 saturated carbocycles. The third-order valence-corrected chi connectivity index (χ3v) is 2.05. The number of aldehydes is 1. The summed E-state index contributed by atoms with van der Waals surface area (Å²) in [7, 11) is 0. The molecule has 1 nitrogen and oxygen atoms in total. The SMILES string of the molecule is CCC=O.CCc1ccccc1CC. The molecule has 0 saturated heterocycles. The Morgan fingerprint density at radius 1 is 1.00 bits per heavy atom. The number of hydrogen-bond acceptors (Lipinski definition) is 1. The molecule has 14 heavy (non-hydrogen) atoms. The zero-order valence-electron chi connectivity index (χ0n) is 9.42. The summed E-state index contributed by atoms with van der Waals surface area (Å²) in [6, 6.07) is 8.63. The monoisotopic (exact) mass is 192 g/mol. The summed E-state index contributed by atoms with van der Waals surface area (Å²) in [4.78, 5) is 9.17. The Balaban J connectivity index is 0.000000364. The predicted molar refractivity (Wildman–Crippen MR) is 61.6 cm³/mol. The van der Waals surface area contributed by atoms with Gasteiger partial charge >= 0.3 is 0 Å². The van der Waals surface area contributed by atoms with Crippen molar-refractivity contribution in [3.05, 3.63) is 35.4 Å². The molecular weight excluding hydrogens is 172 g/mol. The summed E-state index contributed by atoms with van der Waals surface area (Å²) < 4.78 is 0. The van der Waals surface area contributed by atoms with Gasteiger partial charge in [0.15, 0.2) is 0 Å². The second-order valence-electron chi connectivity index (χ2n) is 3.05. The third kappa shape index (κ3) is 4.80. The highest BCUT2D eigenvalue weighted by Gasteiger charge is 1.93. The van der Waals surface area contributed by atoms with Crippen molar-refractivity contribution in [1.82, 2.24) is 0 Å². The summed E-state index contributed by atoms with van der Waals surface area (Å²) in [5.41, 5.74) is 2.98. The molecule has 1 aromatic carbocycles. The molecule has 0 spiro atoms. The maximum atomic E-state index is 9.17. The molecule has 78 valence electrons. The molecule has 0 N–H and O–H groups in total. The van der Waals surface area contributed by atoms with E-state index < -0.39 is 0 Å². The van der Waals surface area contributed by atoms with Crippen LogP contribution >= 0.6 is 0 Å². The Morgan fingerprint density at radius 2 is 1.36 bits per heavy atom. The number of rotatable bonds is 3. The van der Waals surface area contributed by atoms with E-state index in [1.54, 1.807) is 0 Å². The first-order valence-electron chi connectivity index (χ1n) is 5.30. The van der Waals surface area contributed by atoms with Crippen LogP contribution in [0.3, 0.4) is 0 Å². The van der Waals surface area contributed by atoms with Crippen LogP contribution in [0, 0.1) is 0 Å². The van der Waals surface area contributed by atoms with Gasteiger partial charge in [-0.25, -0.2) is 0 Å². The molecule has 0 aliphatic carbocycles. The lowest BCUT2D eigenvalue weighted by Gasteiger charge is -2.02. The van der Waals surface area contributed by atoms with Crippen LogP contribution in [-0.2, 0) is 17.6 Å². The van der Waals surface area contributed by atoms with Gasteiger partial charge in [0.2, 0.25) is 0 Å². The summed E-state index contributed by atoms with van der Waals surface area (Å²) >= 11 is 0. The van der Waals surface area contributed by atoms with Gasteiger partial charge in [-0.1, -0.05) is 45.0 Å². The van der Waals surface area contributed by atoms with Crippen LogP contribution in [0.15, 0.2) is 24.3 Å². The molecule has 0 aromatic heterocycles. The molecule has 0 amide bonds. The topological polar surface area (TPSA) is 17.1 Å². The zero-order valence-corrected chi connectivity index (χ0v) is 9.42. The van der Waals surface area contributed by atoms with E-state index >= 15 is 0 Å². The first-order chi connectivity index (χ1) is 6.79.